The van der Waals surface area contributed by atoms with Crippen molar-refractivity contribution < 1.29 is 13.9 Å². The van der Waals surface area contributed by atoms with Crippen LogP contribution in [0.3, 0.4) is 0 Å². The Labute approximate surface area is 175 Å². The topological polar surface area (TPSA) is 69.3 Å². The van der Waals surface area contributed by atoms with E-state index in [-0.39, 0.29) is 18.3 Å². The Bertz CT molecular complexity index is 1010. The molecule has 0 unspecified atom stereocenters. The maximum atomic E-state index is 12.3. The molecule has 0 saturated carbocycles. The van der Waals surface area contributed by atoms with Gasteiger partial charge in [0, 0.05) is 13.1 Å². The van der Waals surface area contributed by atoms with Crippen molar-refractivity contribution in [2.75, 3.05) is 6.54 Å². The highest BCUT2D eigenvalue weighted by Crippen LogP contribution is 2.21. The first kappa shape index (κ1) is 21.0. The molecular formula is C22H26ClN3O3. The Kier molecular flexibility index (Phi) is 6.64. The highest BCUT2D eigenvalue weighted by molar-refractivity contribution is 6.31. The minimum absolute atomic E-state index is 0.241. The molecule has 0 bridgehead atoms. The van der Waals surface area contributed by atoms with Crippen LogP contribution in [0.1, 0.15) is 45.3 Å². The number of hydrogen-bond acceptors (Lipinski definition) is 4. The van der Waals surface area contributed by atoms with Crippen LogP contribution in [0.25, 0.3) is 0 Å². The van der Waals surface area contributed by atoms with E-state index in [2.05, 4.69) is 10.4 Å². The molecule has 0 aliphatic carbocycles. The zero-order valence-electron chi connectivity index (χ0n) is 17.2. The number of carbonyl (C=O) groups is 1. The van der Waals surface area contributed by atoms with Crippen LogP contribution in [-0.4, -0.2) is 22.2 Å². The number of carbonyl (C=O) groups excluding carboxylic acids is 1. The molecule has 7 heteroatoms. The first-order valence-corrected chi connectivity index (χ1v) is 9.99. The van der Waals surface area contributed by atoms with Crippen LogP contribution < -0.4 is 10.1 Å². The summed E-state index contributed by atoms with van der Waals surface area (Å²) in [6.07, 6.45) is 0.743. The lowest BCUT2D eigenvalue weighted by Gasteiger charge is -2.08. The summed E-state index contributed by atoms with van der Waals surface area (Å²) in [5.74, 6) is 1.46. The summed E-state index contributed by atoms with van der Waals surface area (Å²) in [7, 11) is 0. The summed E-state index contributed by atoms with van der Waals surface area (Å²) in [6, 6.07) is 9.48. The number of nitrogens with one attached hydrogen (secondary N) is 1. The third-order valence-corrected chi connectivity index (χ3v) is 5.27. The molecule has 3 rings (SSSR count). The van der Waals surface area contributed by atoms with E-state index in [0.717, 1.165) is 34.7 Å². The van der Waals surface area contributed by atoms with Gasteiger partial charge in [-0.2, -0.15) is 5.10 Å². The van der Waals surface area contributed by atoms with E-state index in [1.807, 2.05) is 50.6 Å². The summed E-state index contributed by atoms with van der Waals surface area (Å²) in [4.78, 5) is 12.3. The molecule has 1 amide bonds. The lowest BCUT2D eigenvalue weighted by Crippen LogP contribution is -2.25. The fourth-order valence-corrected chi connectivity index (χ4v) is 3.14. The van der Waals surface area contributed by atoms with Crippen LogP contribution in [0.2, 0.25) is 5.02 Å². The Hall–Kier alpha value is -2.73. The van der Waals surface area contributed by atoms with Gasteiger partial charge in [-0.05, 0) is 63.4 Å². The van der Waals surface area contributed by atoms with Crippen LogP contribution >= 0.6 is 11.6 Å². The predicted octanol–water partition coefficient (Wildman–Crippen LogP) is 4.76. The summed E-state index contributed by atoms with van der Waals surface area (Å²) in [5, 5.41) is 7.95. The second-order valence-electron chi connectivity index (χ2n) is 7.14. The van der Waals surface area contributed by atoms with Crippen molar-refractivity contribution in [1.82, 2.24) is 15.1 Å². The largest absolute Gasteiger partial charge is 0.485 e. The molecule has 3 aromatic rings. The average Bonchev–Trinajstić information content (AvgIpc) is 3.27. The maximum absolute atomic E-state index is 12.3. The quantitative estimate of drug-likeness (QED) is 0.538. The molecule has 2 aromatic heterocycles. The number of furan rings is 1. The zero-order valence-corrected chi connectivity index (χ0v) is 18.0. The minimum Gasteiger partial charge on any atom is -0.485 e. The van der Waals surface area contributed by atoms with Gasteiger partial charge in [0.05, 0.1) is 16.4 Å². The smallest absolute Gasteiger partial charge is 0.286 e. The molecule has 0 atom stereocenters. The Morgan fingerprint density at radius 2 is 2.00 bits per heavy atom. The fraction of sp³-hybridized carbons (Fsp3) is 0.364. The first-order valence-electron chi connectivity index (χ1n) is 9.61. The van der Waals surface area contributed by atoms with Gasteiger partial charge in [0.25, 0.3) is 5.91 Å². The maximum Gasteiger partial charge on any atom is 0.286 e. The molecule has 0 fully saturated rings. The molecule has 29 heavy (non-hydrogen) atoms. The number of amides is 1. The third kappa shape index (κ3) is 5.21. The Morgan fingerprint density at radius 1 is 1.21 bits per heavy atom. The van der Waals surface area contributed by atoms with Gasteiger partial charge in [-0.1, -0.05) is 23.7 Å². The highest BCUT2D eigenvalue weighted by Gasteiger charge is 2.12. The van der Waals surface area contributed by atoms with Gasteiger partial charge in [-0.25, -0.2) is 0 Å². The average molecular weight is 416 g/mol. The van der Waals surface area contributed by atoms with Gasteiger partial charge < -0.3 is 14.5 Å². The lowest BCUT2D eigenvalue weighted by atomic mass is 10.1. The number of benzene rings is 1. The van der Waals surface area contributed by atoms with Crippen molar-refractivity contribution in [3.05, 3.63) is 69.4 Å². The molecule has 0 spiro atoms. The molecule has 1 N–H and O–H groups in total. The monoisotopic (exact) mass is 415 g/mol. The van der Waals surface area contributed by atoms with Crippen LogP contribution in [0, 0.1) is 27.7 Å². The van der Waals surface area contributed by atoms with Gasteiger partial charge in [0.15, 0.2) is 5.76 Å². The molecule has 154 valence electrons. The number of halogens is 1. The van der Waals surface area contributed by atoms with E-state index < -0.39 is 0 Å². The number of ether oxygens (including phenoxy) is 1. The highest BCUT2D eigenvalue weighted by atomic mass is 35.5. The normalized spacial score (nSPS) is 10.9. The van der Waals surface area contributed by atoms with E-state index in [9.17, 15) is 4.79 Å². The van der Waals surface area contributed by atoms with E-state index in [1.54, 1.807) is 12.1 Å². The molecule has 0 aliphatic rings. The summed E-state index contributed by atoms with van der Waals surface area (Å²) >= 11 is 6.15. The predicted molar refractivity (Wildman–Crippen MR) is 113 cm³/mol. The molecule has 1 aromatic carbocycles. The van der Waals surface area contributed by atoms with Gasteiger partial charge in [0.1, 0.15) is 18.1 Å². The van der Waals surface area contributed by atoms with Crippen LogP contribution in [-0.2, 0) is 13.2 Å². The fourth-order valence-electron chi connectivity index (χ4n) is 3.00. The van der Waals surface area contributed by atoms with E-state index in [0.29, 0.717) is 23.9 Å². The number of rotatable bonds is 8. The molecule has 0 radical (unpaired) electrons. The summed E-state index contributed by atoms with van der Waals surface area (Å²) < 4.78 is 13.3. The number of hydrogen-bond donors (Lipinski definition) is 1. The van der Waals surface area contributed by atoms with Gasteiger partial charge in [0.2, 0.25) is 0 Å². The van der Waals surface area contributed by atoms with E-state index >= 15 is 0 Å². The lowest BCUT2D eigenvalue weighted by molar-refractivity contribution is 0.0920. The molecule has 2 heterocycles. The first-order chi connectivity index (χ1) is 13.8. The standard InChI is InChI=1S/C22H26ClN3O3/c1-14-6-7-15(2)20(12-14)28-13-18-8-9-19(29-18)22(27)24-10-5-11-26-17(4)21(23)16(3)25-26/h6-9,12H,5,10-11,13H2,1-4H3,(H,24,27). The van der Waals surface area contributed by atoms with E-state index in [1.165, 1.54) is 0 Å². The molecule has 6 nitrogen and oxygen atoms in total. The second kappa shape index (κ2) is 9.18. The SMILES string of the molecule is Cc1ccc(C)c(OCc2ccc(C(=O)NCCCn3nc(C)c(Cl)c3C)o2)c1. The molecule has 0 aliphatic heterocycles. The summed E-state index contributed by atoms with van der Waals surface area (Å²) in [6.45, 7) is 9.31. The van der Waals surface area contributed by atoms with Crippen molar-refractivity contribution in [3.63, 3.8) is 0 Å². The van der Waals surface area contributed by atoms with Crippen molar-refractivity contribution in [1.29, 1.82) is 0 Å². The Morgan fingerprint density at radius 3 is 2.72 bits per heavy atom. The van der Waals surface area contributed by atoms with E-state index in [4.69, 9.17) is 20.8 Å². The van der Waals surface area contributed by atoms with Crippen molar-refractivity contribution in [3.8, 4) is 5.75 Å². The van der Waals surface area contributed by atoms with Crippen LogP contribution in [0.15, 0.2) is 34.7 Å². The number of aryl methyl sites for hydroxylation is 4. The van der Waals surface area contributed by atoms with Gasteiger partial charge in [-0.15, -0.1) is 0 Å². The van der Waals surface area contributed by atoms with Gasteiger partial charge >= 0.3 is 0 Å². The number of nitrogens with zero attached hydrogens (tertiary/aromatic N) is 2. The second-order valence-corrected chi connectivity index (χ2v) is 7.52. The Balaban J connectivity index is 1.46. The van der Waals surface area contributed by atoms with Crippen LogP contribution in [0.4, 0.5) is 0 Å². The molecular weight excluding hydrogens is 390 g/mol. The zero-order chi connectivity index (χ0) is 21.0. The van der Waals surface area contributed by atoms with Crippen LogP contribution in [0.5, 0.6) is 5.75 Å². The van der Waals surface area contributed by atoms with Crippen molar-refractivity contribution in [2.45, 2.75) is 47.3 Å². The van der Waals surface area contributed by atoms with Gasteiger partial charge in [-0.3, -0.25) is 9.48 Å². The molecule has 0 saturated heterocycles. The number of aromatic nitrogens is 2. The minimum atomic E-state index is -0.241. The van der Waals surface area contributed by atoms with Crippen molar-refractivity contribution >= 4 is 17.5 Å². The van der Waals surface area contributed by atoms with Crippen molar-refractivity contribution in [2.24, 2.45) is 0 Å². The summed E-state index contributed by atoms with van der Waals surface area (Å²) in [5.41, 5.74) is 3.95. The third-order valence-electron chi connectivity index (χ3n) is 4.72.